The Labute approximate surface area is 152 Å². The van der Waals surface area contributed by atoms with Gasteiger partial charge in [0.15, 0.2) is 0 Å². The van der Waals surface area contributed by atoms with E-state index in [1.807, 2.05) is 43.3 Å². The number of carbonyl (C=O) groups is 2. The monoisotopic (exact) mass is 351 g/mol. The Morgan fingerprint density at radius 2 is 1.62 bits per heavy atom. The Hall–Kier alpha value is -2.95. The van der Waals surface area contributed by atoms with E-state index in [0.29, 0.717) is 6.42 Å². The van der Waals surface area contributed by atoms with Gasteiger partial charge >= 0.3 is 12.1 Å². The fraction of sp³-hybridized carbons (Fsp3) is 0.286. The third kappa shape index (κ3) is 3.67. The van der Waals surface area contributed by atoms with Crippen molar-refractivity contribution in [3.63, 3.8) is 0 Å². The number of carboxylic acid groups (broad SMARTS) is 1. The van der Waals surface area contributed by atoms with Crippen molar-refractivity contribution in [2.24, 2.45) is 4.99 Å². The molecule has 0 spiro atoms. The lowest BCUT2D eigenvalue weighted by Crippen LogP contribution is -2.17. The molecular formula is C21H21NO4. The molecule has 0 atom stereocenters. The Bertz CT molecular complexity index is 811. The van der Waals surface area contributed by atoms with Gasteiger partial charge in [-0.1, -0.05) is 61.9 Å². The molecule has 0 aromatic heterocycles. The first-order valence-corrected chi connectivity index (χ1v) is 8.77. The van der Waals surface area contributed by atoms with Gasteiger partial charge in [-0.2, -0.15) is 4.99 Å². The van der Waals surface area contributed by atoms with E-state index in [4.69, 9.17) is 9.84 Å². The SMILES string of the molecule is CCCC/C(=N/C(=O)OCC1c2ccccc2-c2ccccc21)C(=O)O. The van der Waals surface area contributed by atoms with Crippen LogP contribution in [0.1, 0.15) is 43.2 Å². The van der Waals surface area contributed by atoms with Crippen LogP contribution < -0.4 is 0 Å². The third-order valence-corrected chi connectivity index (χ3v) is 4.58. The summed E-state index contributed by atoms with van der Waals surface area (Å²) in [5, 5.41) is 9.15. The zero-order valence-corrected chi connectivity index (χ0v) is 14.6. The first-order valence-electron chi connectivity index (χ1n) is 8.77. The molecule has 5 heteroatoms. The van der Waals surface area contributed by atoms with Crippen LogP contribution in [-0.2, 0) is 9.53 Å². The molecular weight excluding hydrogens is 330 g/mol. The van der Waals surface area contributed by atoms with Crippen LogP contribution in [0.3, 0.4) is 0 Å². The molecule has 3 rings (SSSR count). The maximum absolute atomic E-state index is 12.0. The Balaban J connectivity index is 1.75. The molecule has 2 aromatic rings. The number of hydrogen-bond donors (Lipinski definition) is 1. The molecule has 0 fully saturated rings. The number of carbonyl (C=O) groups excluding carboxylic acids is 1. The predicted octanol–water partition coefficient (Wildman–Crippen LogP) is 4.65. The smallest absolute Gasteiger partial charge is 0.434 e. The van der Waals surface area contributed by atoms with E-state index >= 15 is 0 Å². The van der Waals surface area contributed by atoms with Crippen molar-refractivity contribution in [3.05, 3.63) is 59.7 Å². The Morgan fingerprint density at radius 1 is 1.04 bits per heavy atom. The van der Waals surface area contributed by atoms with Gasteiger partial charge < -0.3 is 9.84 Å². The third-order valence-electron chi connectivity index (χ3n) is 4.58. The van der Waals surface area contributed by atoms with Crippen molar-refractivity contribution in [1.82, 2.24) is 0 Å². The van der Waals surface area contributed by atoms with Gasteiger partial charge in [0.1, 0.15) is 12.3 Å². The van der Waals surface area contributed by atoms with Gasteiger partial charge in [-0.25, -0.2) is 9.59 Å². The van der Waals surface area contributed by atoms with Crippen molar-refractivity contribution in [2.45, 2.75) is 32.1 Å². The number of aliphatic imine (C=N–C) groups is 1. The molecule has 0 saturated heterocycles. The standard InChI is InChI=1S/C21H21NO4/c1-2-3-12-19(20(23)24)22-21(25)26-13-18-16-10-6-4-8-14(16)15-9-5-7-11-17(15)18/h4-11,18H,2-3,12-13H2,1H3,(H,23,24)/b22-19-. The zero-order valence-electron chi connectivity index (χ0n) is 14.6. The summed E-state index contributed by atoms with van der Waals surface area (Å²) in [4.78, 5) is 26.9. The molecule has 1 N–H and O–H groups in total. The van der Waals surface area contributed by atoms with Crippen molar-refractivity contribution >= 4 is 17.8 Å². The molecule has 0 unspecified atom stereocenters. The average molecular weight is 351 g/mol. The van der Waals surface area contributed by atoms with Crippen LogP contribution in [0.25, 0.3) is 11.1 Å². The number of benzene rings is 2. The van der Waals surface area contributed by atoms with Crippen molar-refractivity contribution in [3.8, 4) is 11.1 Å². The molecule has 0 saturated carbocycles. The molecule has 26 heavy (non-hydrogen) atoms. The largest absolute Gasteiger partial charge is 0.477 e. The minimum absolute atomic E-state index is 0.0644. The fourth-order valence-corrected chi connectivity index (χ4v) is 3.29. The maximum atomic E-state index is 12.0. The van der Waals surface area contributed by atoms with Crippen molar-refractivity contribution in [1.29, 1.82) is 0 Å². The summed E-state index contributed by atoms with van der Waals surface area (Å²) in [7, 11) is 0. The van der Waals surface area contributed by atoms with Gasteiger partial charge in [0.25, 0.3) is 0 Å². The maximum Gasteiger partial charge on any atom is 0.434 e. The molecule has 134 valence electrons. The normalized spacial score (nSPS) is 13.2. The summed E-state index contributed by atoms with van der Waals surface area (Å²) < 4.78 is 5.31. The number of nitrogens with zero attached hydrogens (tertiary/aromatic N) is 1. The number of hydrogen-bond acceptors (Lipinski definition) is 3. The first kappa shape index (κ1) is 17.9. The molecule has 0 heterocycles. The zero-order chi connectivity index (χ0) is 18.5. The Morgan fingerprint density at radius 3 is 2.15 bits per heavy atom. The average Bonchev–Trinajstić information content (AvgIpc) is 2.97. The number of aliphatic carboxylic acids is 1. The molecule has 0 bridgehead atoms. The molecule has 2 aromatic carbocycles. The van der Waals surface area contributed by atoms with E-state index < -0.39 is 12.1 Å². The summed E-state index contributed by atoms with van der Waals surface area (Å²) in [5.41, 5.74) is 4.34. The fourth-order valence-electron chi connectivity index (χ4n) is 3.29. The van der Waals surface area contributed by atoms with E-state index in [1.54, 1.807) is 0 Å². The lowest BCUT2D eigenvalue weighted by Gasteiger charge is -2.13. The van der Waals surface area contributed by atoms with Gasteiger partial charge in [0.2, 0.25) is 0 Å². The molecule has 0 radical (unpaired) electrons. The quantitative estimate of drug-likeness (QED) is 0.769. The number of amides is 1. The van der Waals surface area contributed by atoms with Gasteiger partial charge in [-0.3, -0.25) is 0 Å². The summed E-state index contributed by atoms with van der Waals surface area (Å²) in [6.45, 7) is 2.09. The van der Waals surface area contributed by atoms with Gasteiger partial charge in [-0.15, -0.1) is 0 Å². The highest BCUT2D eigenvalue weighted by molar-refractivity contribution is 6.37. The van der Waals surface area contributed by atoms with E-state index in [2.05, 4.69) is 17.1 Å². The minimum Gasteiger partial charge on any atom is -0.477 e. The first-order chi connectivity index (χ1) is 12.6. The highest BCUT2D eigenvalue weighted by Gasteiger charge is 2.29. The number of fused-ring (bicyclic) bond motifs is 3. The van der Waals surface area contributed by atoms with Crippen LogP contribution in [0.4, 0.5) is 4.79 Å². The van der Waals surface area contributed by atoms with Crippen LogP contribution >= 0.6 is 0 Å². The molecule has 1 aliphatic rings. The van der Waals surface area contributed by atoms with Crippen molar-refractivity contribution < 1.29 is 19.4 Å². The Kier molecular flexibility index (Phi) is 5.46. The lowest BCUT2D eigenvalue weighted by atomic mass is 9.98. The number of carboxylic acids is 1. The van der Waals surface area contributed by atoms with Crippen LogP contribution in [0.5, 0.6) is 0 Å². The van der Waals surface area contributed by atoms with Crippen LogP contribution in [0.2, 0.25) is 0 Å². The second-order valence-corrected chi connectivity index (χ2v) is 6.27. The molecule has 1 aliphatic carbocycles. The predicted molar refractivity (Wildman–Crippen MR) is 99.7 cm³/mol. The van der Waals surface area contributed by atoms with Crippen LogP contribution in [0.15, 0.2) is 53.5 Å². The molecule has 0 aliphatic heterocycles. The highest BCUT2D eigenvalue weighted by Crippen LogP contribution is 2.44. The van der Waals surface area contributed by atoms with E-state index in [9.17, 15) is 9.59 Å². The van der Waals surface area contributed by atoms with Gasteiger partial charge in [-0.05, 0) is 35.1 Å². The summed E-state index contributed by atoms with van der Waals surface area (Å²) in [5.74, 6) is -1.24. The summed E-state index contributed by atoms with van der Waals surface area (Å²) in [6.07, 6.45) is 0.912. The summed E-state index contributed by atoms with van der Waals surface area (Å²) in [6, 6.07) is 16.1. The number of ether oxygens (including phenoxy) is 1. The van der Waals surface area contributed by atoms with Crippen LogP contribution in [0, 0.1) is 0 Å². The van der Waals surface area contributed by atoms with Crippen LogP contribution in [-0.4, -0.2) is 29.5 Å². The van der Waals surface area contributed by atoms with E-state index in [0.717, 1.165) is 28.7 Å². The topological polar surface area (TPSA) is 76.0 Å². The van der Waals surface area contributed by atoms with E-state index in [1.165, 1.54) is 0 Å². The van der Waals surface area contributed by atoms with Gasteiger partial charge in [0, 0.05) is 5.92 Å². The van der Waals surface area contributed by atoms with Gasteiger partial charge in [0.05, 0.1) is 0 Å². The van der Waals surface area contributed by atoms with E-state index in [-0.39, 0.29) is 24.7 Å². The molecule has 5 nitrogen and oxygen atoms in total. The summed E-state index contributed by atoms with van der Waals surface area (Å²) >= 11 is 0. The lowest BCUT2D eigenvalue weighted by molar-refractivity contribution is -0.129. The minimum atomic E-state index is -1.17. The highest BCUT2D eigenvalue weighted by atomic mass is 16.5. The number of rotatable bonds is 6. The second kappa shape index (κ2) is 7.95. The van der Waals surface area contributed by atoms with Crippen molar-refractivity contribution in [2.75, 3.05) is 6.61 Å². The second-order valence-electron chi connectivity index (χ2n) is 6.27. The number of unbranched alkanes of at least 4 members (excludes halogenated alkanes) is 1. The molecule has 1 amide bonds.